The number of carbonyl (C=O) groups excluding carboxylic acids is 1. The molecule has 0 bridgehead atoms. The molecule has 0 amide bonds. The van der Waals surface area contributed by atoms with Gasteiger partial charge < -0.3 is 19.8 Å². The van der Waals surface area contributed by atoms with Crippen LogP contribution in [0.15, 0.2) is 24.3 Å². The van der Waals surface area contributed by atoms with Gasteiger partial charge in [-0.3, -0.25) is 0 Å². The number of para-hydroxylation sites is 1. The Kier molecular flexibility index (Phi) is 5.25. The van der Waals surface area contributed by atoms with Gasteiger partial charge in [0.15, 0.2) is 11.4 Å². The van der Waals surface area contributed by atoms with Crippen LogP contribution in [0.1, 0.15) is 24.3 Å². The van der Waals surface area contributed by atoms with Gasteiger partial charge >= 0.3 is 5.97 Å². The van der Waals surface area contributed by atoms with Gasteiger partial charge in [-0.05, 0) is 26.0 Å². The zero-order chi connectivity index (χ0) is 14.9. The number of nitrogens with zero attached hydrogens (tertiary/aromatic N) is 1. The van der Waals surface area contributed by atoms with Crippen molar-refractivity contribution < 1.29 is 14.3 Å². The van der Waals surface area contributed by atoms with E-state index in [4.69, 9.17) is 15.2 Å². The molecule has 1 aromatic heterocycles. The zero-order valence-corrected chi connectivity index (χ0v) is 13.5. The van der Waals surface area contributed by atoms with Gasteiger partial charge in [-0.25, -0.2) is 4.79 Å². The minimum absolute atomic E-state index is 0. The van der Waals surface area contributed by atoms with Crippen molar-refractivity contribution in [1.82, 2.24) is 4.57 Å². The summed E-state index contributed by atoms with van der Waals surface area (Å²) in [5.41, 5.74) is 6.95. The highest BCUT2D eigenvalue weighted by atomic mass is 35.5. The van der Waals surface area contributed by atoms with E-state index in [1.165, 1.54) is 7.11 Å². The van der Waals surface area contributed by atoms with Crippen LogP contribution in [0.3, 0.4) is 0 Å². The summed E-state index contributed by atoms with van der Waals surface area (Å²) in [4.78, 5) is 12.1. The van der Waals surface area contributed by atoms with E-state index in [-0.39, 0.29) is 12.4 Å². The largest absolute Gasteiger partial charge is 0.494 e. The standard InChI is InChI=1S/C15H20N2O3.ClH/c1-15(2,16)9-17-11-8-6-5-7-10(11)13(19-3)12(17)14(18)20-4;/h5-8H,9,16H2,1-4H3;1H. The first-order chi connectivity index (χ1) is 9.39. The Morgan fingerprint density at radius 2 is 1.90 bits per heavy atom. The third kappa shape index (κ3) is 3.31. The second-order valence-corrected chi connectivity index (χ2v) is 5.47. The first-order valence-corrected chi connectivity index (χ1v) is 6.41. The number of halogens is 1. The third-order valence-electron chi connectivity index (χ3n) is 3.07. The lowest BCUT2D eigenvalue weighted by Crippen LogP contribution is -2.37. The normalized spacial score (nSPS) is 11.1. The molecule has 1 aromatic carbocycles. The molecule has 0 aliphatic rings. The number of esters is 1. The van der Waals surface area contributed by atoms with Crippen LogP contribution in [-0.2, 0) is 11.3 Å². The second kappa shape index (κ2) is 6.37. The van der Waals surface area contributed by atoms with E-state index in [9.17, 15) is 4.79 Å². The lowest BCUT2D eigenvalue weighted by molar-refractivity contribution is 0.0584. The van der Waals surface area contributed by atoms with Crippen molar-refractivity contribution in [1.29, 1.82) is 0 Å². The van der Waals surface area contributed by atoms with E-state index < -0.39 is 11.5 Å². The molecule has 0 aliphatic heterocycles. The number of rotatable bonds is 4. The van der Waals surface area contributed by atoms with Crippen LogP contribution < -0.4 is 10.5 Å². The molecule has 2 N–H and O–H groups in total. The van der Waals surface area contributed by atoms with Crippen LogP contribution in [0.2, 0.25) is 0 Å². The highest BCUT2D eigenvalue weighted by Gasteiger charge is 2.26. The van der Waals surface area contributed by atoms with Gasteiger partial charge in [0.25, 0.3) is 0 Å². The van der Waals surface area contributed by atoms with Gasteiger partial charge in [-0.2, -0.15) is 0 Å². The Morgan fingerprint density at radius 1 is 1.29 bits per heavy atom. The highest BCUT2D eigenvalue weighted by Crippen LogP contribution is 2.34. The molecule has 0 saturated heterocycles. The monoisotopic (exact) mass is 312 g/mol. The third-order valence-corrected chi connectivity index (χ3v) is 3.07. The fourth-order valence-corrected chi connectivity index (χ4v) is 2.35. The number of methoxy groups -OCH3 is 2. The summed E-state index contributed by atoms with van der Waals surface area (Å²) < 4.78 is 12.2. The first-order valence-electron chi connectivity index (χ1n) is 6.41. The number of nitrogens with two attached hydrogens (primary N) is 1. The fraction of sp³-hybridized carbons (Fsp3) is 0.400. The minimum Gasteiger partial charge on any atom is -0.494 e. The van der Waals surface area contributed by atoms with E-state index >= 15 is 0 Å². The van der Waals surface area contributed by atoms with Crippen LogP contribution >= 0.6 is 12.4 Å². The molecular formula is C15H21ClN2O3. The molecule has 21 heavy (non-hydrogen) atoms. The van der Waals surface area contributed by atoms with Gasteiger partial charge in [-0.15, -0.1) is 12.4 Å². The molecule has 0 unspecified atom stereocenters. The van der Waals surface area contributed by atoms with Crippen molar-refractivity contribution in [2.24, 2.45) is 5.73 Å². The van der Waals surface area contributed by atoms with Gasteiger partial charge in [-0.1, -0.05) is 12.1 Å². The lowest BCUT2D eigenvalue weighted by atomic mass is 10.1. The maximum atomic E-state index is 12.1. The topological polar surface area (TPSA) is 66.5 Å². The SMILES string of the molecule is COC(=O)c1c(OC)c2ccccc2n1CC(C)(C)N.Cl. The number of carbonyl (C=O) groups is 1. The maximum Gasteiger partial charge on any atom is 0.358 e. The lowest BCUT2D eigenvalue weighted by Gasteiger charge is -2.21. The summed E-state index contributed by atoms with van der Waals surface area (Å²) in [7, 11) is 2.91. The molecule has 1 heterocycles. The van der Waals surface area contributed by atoms with Crippen molar-refractivity contribution in [3.63, 3.8) is 0 Å². The summed E-state index contributed by atoms with van der Waals surface area (Å²) in [5, 5.41) is 0.875. The molecule has 2 aromatic rings. The minimum atomic E-state index is -0.463. The quantitative estimate of drug-likeness (QED) is 0.881. The Labute approximate surface area is 130 Å². The smallest absolute Gasteiger partial charge is 0.358 e. The molecule has 0 atom stereocenters. The average Bonchev–Trinajstić information content (AvgIpc) is 2.70. The Bertz CT molecular complexity index is 644. The summed E-state index contributed by atoms with van der Waals surface area (Å²) in [6.07, 6.45) is 0. The molecule has 0 fully saturated rings. The van der Waals surface area contributed by atoms with E-state index in [1.54, 1.807) is 7.11 Å². The zero-order valence-electron chi connectivity index (χ0n) is 12.7. The number of benzene rings is 1. The van der Waals surface area contributed by atoms with Crippen molar-refractivity contribution in [3.05, 3.63) is 30.0 Å². The molecule has 2 rings (SSSR count). The first kappa shape index (κ1) is 17.3. The van der Waals surface area contributed by atoms with Crippen LogP contribution in [0.25, 0.3) is 10.9 Å². The van der Waals surface area contributed by atoms with Crippen LogP contribution in [0.5, 0.6) is 5.75 Å². The van der Waals surface area contributed by atoms with Gasteiger partial charge in [0.1, 0.15) is 0 Å². The molecule has 116 valence electrons. The van der Waals surface area contributed by atoms with Crippen LogP contribution in [-0.4, -0.2) is 30.3 Å². The average molecular weight is 313 g/mol. The van der Waals surface area contributed by atoms with Gasteiger partial charge in [0.2, 0.25) is 0 Å². The summed E-state index contributed by atoms with van der Waals surface area (Å²) in [6, 6.07) is 7.68. The van der Waals surface area contributed by atoms with Crippen LogP contribution in [0.4, 0.5) is 0 Å². The van der Waals surface area contributed by atoms with Gasteiger partial charge in [0, 0.05) is 17.5 Å². The molecule has 6 heteroatoms. The van der Waals surface area contributed by atoms with Crippen molar-refractivity contribution in [2.45, 2.75) is 25.9 Å². The summed E-state index contributed by atoms with van der Waals surface area (Å²) in [6.45, 7) is 4.31. The number of ether oxygens (including phenoxy) is 2. The molecule has 0 saturated carbocycles. The maximum absolute atomic E-state index is 12.1. The molecule has 5 nitrogen and oxygen atoms in total. The predicted octanol–water partition coefficient (Wildman–Crippen LogP) is 2.60. The second-order valence-electron chi connectivity index (χ2n) is 5.47. The van der Waals surface area contributed by atoms with Crippen molar-refractivity contribution in [2.75, 3.05) is 14.2 Å². The van der Waals surface area contributed by atoms with Gasteiger partial charge in [0.05, 0.1) is 19.7 Å². The number of hydrogen-bond acceptors (Lipinski definition) is 4. The van der Waals surface area contributed by atoms with Crippen LogP contribution in [0, 0.1) is 0 Å². The highest BCUT2D eigenvalue weighted by molar-refractivity contribution is 6.01. The van der Waals surface area contributed by atoms with E-state index in [0.717, 1.165) is 10.9 Å². The fourth-order valence-electron chi connectivity index (χ4n) is 2.35. The van der Waals surface area contributed by atoms with E-state index in [2.05, 4.69) is 0 Å². The Hall–Kier alpha value is -1.72. The van der Waals surface area contributed by atoms with Crippen molar-refractivity contribution >= 4 is 29.3 Å². The number of fused-ring (bicyclic) bond motifs is 1. The number of hydrogen-bond donors (Lipinski definition) is 1. The van der Waals surface area contributed by atoms with E-state index in [0.29, 0.717) is 18.0 Å². The molecule has 0 aliphatic carbocycles. The van der Waals surface area contributed by atoms with Crippen molar-refractivity contribution in [3.8, 4) is 5.75 Å². The molecule has 0 radical (unpaired) electrons. The predicted molar refractivity (Wildman–Crippen MR) is 85.3 cm³/mol. The number of aromatic nitrogens is 1. The van der Waals surface area contributed by atoms with E-state index in [1.807, 2.05) is 42.7 Å². The summed E-state index contributed by atoms with van der Waals surface area (Å²) in [5.74, 6) is 0.0963. The Balaban J connectivity index is 0.00000220. The molecule has 0 spiro atoms. The summed E-state index contributed by atoms with van der Waals surface area (Å²) >= 11 is 0. The molecular weight excluding hydrogens is 292 g/mol. The Morgan fingerprint density at radius 3 is 2.43 bits per heavy atom.